The van der Waals surface area contributed by atoms with E-state index in [1.165, 1.54) is 19.2 Å². The summed E-state index contributed by atoms with van der Waals surface area (Å²) < 4.78 is 35.1. The van der Waals surface area contributed by atoms with Crippen LogP contribution in [0.4, 0.5) is 8.78 Å². The number of carboxylic acid groups (broad SMARTS) is 1. The standard InChI is InChI=1S/C22H23F2NO4/c1-12-7-14(5-6-16(12)24)25-17-8-13(23)9-18(26)20(17)15(10-19(27)28)21(25)22(2,3)11-29-4/h5-9,26H,10-11H2,1-4H3,(H,27,28). The zero-order valence-corrected chi connectivity index (χ0v) is 16.7. The first-order chi connectivity index (χ1) is 13.6. The number of benzene rings is 2. The molecule has 0 saturated heterocycles. The van der Waals surface area contributed by atoms with Crippen LogP contribution in [0.2, 0.25) is 0 Å². The summed E-state index contributed by atoms with van der Waals surface area (Å²) >= 11 is 0. The summed E-state index contributed by atoms with van der Waals surface area (Å²) in [5.74, 6) is -2.48. The van der Waals surface area contributed by atoms with Crippen molar-refractivity contribution in [2.24, 2.45) is 0 Å². The molecule has 0 bridgehead atoms. The fourth-order valence-corrected chi connectivity index (χ4v) is 3.94. The SMILES string of the molecule is COCC(C)(C)c1c(CC(=O)O)c2c(O)cc(F)cc2n1-c1ccc(F)c(C)c1. The summed E-state index contributed by atoms with van der Waals surface area (Å²) in [5, 5.41) is 20.3. The number of phenols is 1. The maximum atomic E-state index is 14.2. The third-order valence-electron chi connectivity index (χ3n) is 4.99. The van der Waals surface area contributed by atoms with Crippen molar-refractivity contribution >= 4 is 16.9 Å². The largest absolute Gasteiger partial charge is 0.507 e. The first kappa shape index (κ1) is 20.8. The number of nitrogens with zero attached hydrogens (tertiary/aromatic N) is 1. The molecule has 29 heavy (non-hydrogen) atoms. The Balaban J connectivity index is 2.53. The van der Waals surface area contributed by atoms with Crippen LogP contribution in [0.3, 0.4) is 0 Å². The highest BCUT2D eigenvalue weighted by atomic mass is 19.1. The summed E-state index contributed by atoms with van der Waals surface area (Å²) in [5.41, 5.74) is 1.47. The highest BCUT2D eigenvalue weighted by molar-refractivity contribution is 5.95. The van der Waals surface area contributed by atoms with Gasteiger partial charge >= 0.3 is 5.97 Å². The van der Waals surface area contributed by atoms with E-state index in [0.717, 1.165) is 6.07 Å². The Bertz CT molecular complexity index is 1100. The van der Waals surface area contributed by atoms with Gasteiger partial charge < -0.3 is 19.5 Å². The van der Waals surface area contributed by atoms with Gasteiger partial charge in [-0.15, -0.1) is 0 Å². The molecule has 0 saturated carbocycles. The number of aliphatic carboxylic acids is 1. The zero-order chi connectivity index (χ0) is 21.5. The Hall–Kier alpha value is -2.93. The van der Waals surface area contributed by atoms with E-state index in [-0.39, 0.29) is 30.0 Å². The van der Waals surface area contributed by atoms with Gasteiger partial charge in [-0.1, -0.05) is 13.8 Å². The van der Waals surface area contributed by atoms with Crippen molar-refractivity contribution in [1.29, 1.82) is 0 Å². The topological polar surface area (TPSA) is 71.7 Å². The molecule has 0 amide bonds. The summed E-state index contributed by atoms with van der Waals surface area (Å²) in [6.45, 7) is 5.60. The fraction of sp³-hybridized carbons (Fsp3) is 0.318. The number of aryl methyl sites for hydroxylation is 1. The van der Waals surface area contributed by atoms with Crippen molar-refractivity contribution in [2.75, 3.05) is 13.7 Å². The van der Waals surface area contributed by atoms with Crippen LogP contribution in [0.15, 0.2) is 30.3 Å². The molecule has 0 radical (unpaired) electrons. The van der Waals surface area contributed by atoms with Crippen LogP contribution in [0, 0.1) is 18.6 Å². The van der Waals surface area contributed by atoms with E-state index in [0.29, 0.717) is 28.0 Å². The molecular formula is C22H23F2NO4. The lowest BCUT2D eigenvalue weighted by molar-refractivity contribution is -0.136. The van der Waals surface area contributed by atoms with Gasteiger partial charge in [-0.25, -0.2) is 8.78 Å². The van der Waals surface area contributed by atoms with Crippen LogP contribution in [-0.4, -0.2) is 34.5 Å². The van der Waals surface area contributed by atoms with Crippen molar-refractivity contribution in [3.8, 4) is 11.4 Å². The Morgan fingerprint density at radius 3 is 2.48 bits per heavy atom. The molecule has 154 valence electrons. The highest BCUT2D eigenvalue weighted by Crippen LogP contribution is 2.41. The van der Waals surface area contributed by atoms with Crippen LogP contribution in [0.5, 0.6) is 5.75 Å². The van der Waals surface area contributed by atoms with Gasteiger partial charge in [-0.3, -0.25) is 4.79 Å². The number of phenolic OH excluding ortho intramolecular Hbond substituents is 1. The first-order valence-electron chi connectivity index (χ1n) is 9.10. The number of rotatable bonds is 6. The minimum Gasteiger partial charge on any atom is -0.507 e. The summed E-state index contributed by atoms with van der Waals surface area (Å²) in [6.07, 6.45) is -0.370. The molecule has 0 aliphatic carbocycles. The van der Waals surface area contributed by atoms with Crippen LogP contribution in [0.25, 0.3) is 16.6 Å². The number of carbonyl (C=O) groups is 1. The Kier molecular flexibility index (Phi) is 5.36. The molecule has 0 atom stereocenters. The fourth-order valence-electron chi connectivity index (χ4n) is 3.94. The quantitative estimate of drug-likeness (QED) is 0.637. The predicted octanol–water partition coefficient (Wildman–Crippen LogP) is 4.47. The maximum Gasteiger partial charge on any atom is 0.307 e. The molecule has 1 aromatic heterocycles. The van der Waals surface area contributed by atoms with E-state index in [2.05, 4.69) is 0 Å². The van der Waals surface area contributed by atoms with E-state index in [1.807, 2.05) is 13.8 Å². The minimum atomic E-state index is -1.09. The van der Waals surface area contributed by atoms with Crippen LogP contribution in [0.1, 0.15) is 30.7 Å². The van der Waals surface area contributed by atoms with E-state index in [1.54, 1.807) is 23.6 Å². The third-order valence-corrected chi connectivity index (χ3v) is 4.99. The smallest absolute Gasteiger partial charge is 0.307 e. The lowest BCUT2D eigenvalue weighted by Crippen LogP contribution is -2.28. The molecule has 0 unspecified atom stereocenters. The normalized spacial score (nSPS) is 11.9. The molecular weight excluding hydrogens is 380 g/mol. The first-order valence-corrected chi connectivity index (χ1v) is 9.10. The van der Waals surface area contributed by atoms with Gasteiger partial charge in [0.1, 0.15) is 17.4 Å². The second kappa shape index (κ2) is 7.48. The molecule has 2 N–H and O–H groups in total. The average Bonchev–Trinajstić information content (AvgIpc) is 2.91. The van der Waals surface area contributed by atoms with E-state index in [4.69, 9.17) is 4.74 Å². The zero-order valence-electron chi connectivity index (χ0n) is 16.7. The number of fused-ring (bicyclic) bond motifs is 1. The number of halogens is 2. The number of methoxy groups -OCH3 is 1. The van der Waals surface area contributed by atoms with E-state index < -0.39 is 17.2 Å². The average molecular weight is 403 g/mol. The number of ether oxygens (including phenoxy) is 1. The molecule has 0 aliphatic rings. The predicted molar refractivity (Wildman–Crippen MR) is 106 cm³/mol. The second-order valence-corrected chi connectivity index (χ2v) is 7.80. The molecule has 0 spiro atoms. The molecule has 5 nitrogen and oxygen atoms in total. The van der Waals surface area contributed by atoms with E-state index >= 15 is 0 Å². The van der Waals surface area contributed by atoms with Crippen molar-refractivity contribution in [3.05, 3.63) is 58.8 Å². The van der Waals surface area contributed by atoms with E-state index in [9.17, 15) is 23.8 Å². The molecule has 3 rings (SSSR count). The van der Waals surface area contributed by atoms with Crippen molar-refractivity contribution < 1.29 is 28.5 Å². The highest BCUT2D eigenvalue weighted by Gasteiger charge is 2.33. The lowest BCUT2D eigenvalue weighted by atomic mass is 9.86. The summed E-state index contributed by atoms with van der Waals surface area (Å²) in [4.78, 5) is 11.6. The second-order valence-electron chi connectivity index (χ2n) is 7.80. The van der Waals surface area contributed by atoms with Crippen molar-refractivity contribution in [2.45, 2.75) is 32.6 Å². The van der Waals surface area contributed by atoms with Gasteiger partial charge in [0.25, 0.3) is 0 Å². The Morgan fingerprint density at radius 2 is 1.90 bits per heavy atom. The third kappa shape index (κ3) is 3.70. The van der Waals surface area contributed by atoms with Crippen LogP contribution < -0.4 is 0 Å². The van der Waals surface area contributed by atoms with Gasteiger partial charge in [0.2, 0.25) is 0 Å². The minimum absolute atomic E-state index is 0.249. The molecule has 0 fully saturated rings. The van der Waals surface area contributed by atoms with Gasteiger partial charge in [-0.2, -0.15) is 0 Å². The van der Waals surface area contributed by atoms with Crippen LogP contribution in [-0.2, 0) is 21.4 Å². The maximum absolute atomic E-state index is 14.2. The number of hydrogen-bond donors (Lipinski definition) is 2. The molecule has 2 aromatic carbocycles. The Morgan fingerprint density at radius 1 is 1.21 bits per heavy atom. The monoisotopic (exact) mass is 403 g/mol. The van der Waals surface area contributed by atoms with Gasteiger partial charge in [0, 0.05) is 35.4 Å². The van der Waals surface area contributed by atoms with Crippen molar-refractivity contribution in [1.82, 2.24) is 4.57 Å². The molecule has 7 heteroatoms. The number of hydrogen-bond acceptors (Lipinski definition) is 3. The van der Waals surface area contributed by atoms with Gasteiger partial charge in [0.15, 0.2) is 0 Å². The number of aromatic nitrogens is 1. The molecule has 3 aromatic rings. The van der Waals surface area contributed by atoms with Gasteiger partial charge in [0.05, 0.1) is 18.5 Å². The lowest BCUT2D eigenvalue weighted by Gasteiger charge is -2.28. The summed E-state index contributed by atoms with van der Waals surface area (Å²) in [6, 6.07) is 6.65. The summed E-state index contributed by atoms with van der Waals surface area (Å²) in [7, 11) is 1.53. The number of aromatic hydroxyl groups is 1. The van der Waals surface area contributed by atoms with Crippen LogP contribution >= 0.6 is 0 Å². The Labute approximate surface area is 167 Å². The molecule has 1 heterocycles. The molecule has 0 aliphatic heterocycles. The van der Waals surface area contributed by atoms with Gasteiger partial charge in [-0.05, 0) is 42.3 Å². The number of carboxylic acids is 1. The van der Waals surface area contributed by atoms with Crippen molar-refractivity contribution in [3.63, 3.8) is 0 Å².